The number of ether oxygens (including phenoxy) is 1. The lowest BCUT2D eigenvalue weighted by Crippen LogP contribution is -1.96. The molecule has 1 aromatic rings. The second-order valence-corrected chi connectivity index (χ2v) is 2.94. The molecule has 1 rings (SSSR count). The maximum absolute atomic E-state index is 5.45. The predicted octanol–water partition coefficient (Wildman–Crippen LogP) is 2.69. The van der Waals surface area contributed by atoms with E-state index in [-0.39, 0.29) is 0 Å². The number of rotatable bonds is 3. The minimum absolute atomic E-state index is 0.758. The Hall–Kier alpha value is -1.16. The van der Waals surface area contributed by atoms with Crippen molar-refractivity contribution in [1.29, 1.82) is 0 Å². The number of aryl methyl sites for hydroxylation is 2. The van der Waals surface area contributed by atoms with Gasteiger partial charge in [-0.15, -0.1) is 0 Å². The fourth-order valence-corrected chi connectivity index (χ4v) is 1.03. The largest absolute Gasteiger partial charge is 0.485 e. The zero-order valence-corrected chi connectivity index (χ0v) is 7.90. The van der Waals surface area contributed by atoms with Gasteiger partial charge in [-0.3, -0.25) is 0 Å². The van der Waals surface area contributed by atoms with Crippen molar-refractivity contribution in [2.24, 2.45) is 0 Å². The fraction of sp³-hybridized carbons (Fsp3) is 0.455. The predicted molar refractivity (Wildman–Crippen MR) is 49.4 cm³/mol. The second kappa shape index (κ2) is 4.01. The first kappa shape index (κ1) is 8.93. The van der Waals surface area contributed by atoms with Gasteiger partial charge in [0.15, 0.2) is 5.75 Å². The molecule has 0 radical (unpaired) electrons. The lowest BCUT2D eigenvalue weighted by molar-refractivity contribution is 0.315. The van der Waals surface area contributed by atoms with Gasteiger partial charge in [0.1, 0.15) is 0 Å². The molecule has 1 aromatic carbocycles. The van der Waals surface area contributed by atoms with Gasteiger partial charge in [0.25, 0.3) is 0 Å². The first-order valence-corrected chi connectivity index (χ1v) is 4.28. The van der Waals surface area contributed by atoms with E-state index < -0.39 is 0 Å². The summed E-state index contributed by atoms with van der Waals surface area (Å²) in [6.07, 6.45) is 1.03. The van der Waals surface area contributed by atoms with E-state index in [1.807, 2.05) is 13.8 Å². The highest BCUT2D eigenvalue weighted by molar-refractivity contribution is 5.30. The van der Waals surface area contributed by atoms with Crippen LogP contribution < -0.4 is 4.74 Å². The van der Waals surface area contributed by atoms with Crippen molar-refractivity contribution < 1.29 is 4.74 Å². The molecular formula is C11H14O. The molecule has 0 saturated carbocycles. The van der Waals surface area contributed by atoms with E-state index >= 15 is 0 Å². The Morgan fingerprint density at radius 3 is 2.67 bits per heavy atom. The average molecular weight is 162 g/mol. The number of hydrogen-bond acceptors (Lipinski definition) is 1. The van der Waals surface area contributed by atoms with E-state index in [1.54, 1.807) is 0 Å². The minimum Gasteiger partial charge on any atom is -0.485 e. The van der Waals surface area contributed by atoms with Gasteiger partial charge in [-0.2, -0.15) is 0 Å². The van der Waals surface area contributed by atoms with Crippen molar-refractivity contribution in [3.63, 3.8) is 0 Å². The van der Waals surface area contributed by atoms with E-state index in [0.29, 0.717) is 0 Å². The highest BCUT2D eigenvalue weighted by Gasteiger charge is 1.96. The molecule has 0 aliphatic heterocycles. The Bertz CT molecular complexity index is 253. The maximum atomic E-state index is 5.45. The molecule has 0 unspecified atom stereocenters. The minimum atomic E-state index is 0.758. The van der Waals surface area contributed by atoms with Crippen LogP contribution in [-0.2, 0) is 0 Å². The van der Waals surface area contributed by atoms with Gasteiger partial charge < -0.3 is 4.74 Å². The van der Waals surface area contributed by atoms with Gasteiger partial charge in [0.05, 0.1) is 6.61 Å². The Balaban J connectivity index is 2.72. The van der Waals surface area contributed by atoms with Gasteiger partial charge in [-0.1, -0.05) is 13.0 Å². The molecule has 64 valence electrons. The van der Waals surface area contributed by atoms with Crippen LogP contribution >= 0.6 is 0 Å². The molecule has 0 bridgehead atoms. The summed E-state index contributed by atoms with van der Waals surface area (Å²) in [7, 11) is 0. The normalized spacial score (nSPS) is 9.25. The van der Waals surface area contributed by atoms with Crippen LogP contribution in [0.15, 0.2) is 6.07 Å². The van der Waals surface area contributed by atoms with E-state index in [0.717, 1.165) is 29.9 Å². The molecule has 0 atom stereocenters. The van der Waals surface area contributed by atoms with Crippen LogP contribution in [0.1, 0.15) is 24.5 Å². The van der Waals surface area contributed by atoms with Gasteiger partial charge in [-0.25, -0.2) is 0 Å². The molecule has 12 heavy (non-hydrogen) atoms. The monoisotopic (exact) mass is 162 g/mol. The Morgan fingerprint density at radius 1 is 1.33 bits per heavy atom. The molecule has 0 N–H and O–H groups in total. The summed E-state index contributed by atoms with van der Waals surface area (Å²) in [6, 6.07) is 8.05. The van der Waals surface area contributed by atoms with Crippen LogP contribution in [0.25, 0.3) is 0 Å². The molecule has 0 aliphatic carbocycles. The van der Waals surface area contributed by atoms with Crippen LogP contribution in [0, 0.1) is 26.0 Å². The molecular weight excluding hydrogens is 148 g/mol. The van der Waals surface area contributed by atoms with Crippen molar-refractivity contribution in [2.45, 2.75) is 27.2 Å². The Kier molecular flexibility index (Phi) is 2.99. The highest BCUT2D eigenvalue weighted by Crippen LogP contribution is 2.14. The van der Waals surface area contributed by atoms with Crippen molar-refractivity contribution in [3.05, 3.63) is 29.3 Å². The van der Waals surface area contributed by atoms with Crippen LogP contribution in [0.2, 0.25) is 0 Å². The number of hydrogen-bond donors (Lipinski definition) is 0. The molecule has 0 spiro atoms. The molecule has 0 aromatic heterocycles. The van der Waals surface area contributed by atoms with Crippen molar-refractivity contribution in [2.75, 3.05) is 6.61 Å². The van der Waals surface area contributed by atoms with Gasteiger partial charge in [-0.05, 0) is 38.0 Å². The molecule has 1 nitrogen and oxygen atoms in total. The Morgan fingerprint density at radius 2 is 2.08 bits per heavy atom. The second-order valence-electron chi connectivity index (χ2n) is 2.94. The average Bonchev–Trinajstić information content (AvgIpc) is 2.03. The molecule has 0 heterocycles. The first-order chi connectivity index (χ1) is 5.74. The standard InChI is InChI=1S/C11H14O/c1-4-7-12-11-6-5-9(2)8-10(11)3/h8H,4,7H2,1-3H3. The lowest BCUT2D eigenvalue weighted by Gasteiger charge is -2.04. The van der Waals surface area contributed by atoms with E-state index in [1.165, 1.54) is 0 Å². The van der Waals surface area contributed by atoms with E-state index in [9.17, 15) is 0 Å². The van der Waals surface area contributed by atoms with E-state index in [2.05, 4.69) is 25.1 Å². The smallest absolute Gasteiger partial charge is 0.173 e. The molecule has 0 amide bonds. The molecule has 0 aliphatic rings. The summed E-state index contributed by atoms with van der Waals surface area (Å²) in [5.74, 6) is 0.836. The fourth-order valence-electron chi connectivity index (χ4n) is 1.03. The summed E-state index contributed by atoms with van der Waals surface area (Å²) in [5.41, 5.74) is 2.25. The summed E-state index contributed by atoms with van der Waals surface area (Å²) < 4.78 is 5.45. The maximum Gasteiger partial charge on any atom is 0.173 e. The quantitative estimate of drug-likeness (QED) is 0.664. The topological polar surface area (TPSA) is 9.23 Å². The third-order valence-electron chi connectivity index (χ3n) is 1.61. The lowest BCUT2D eigenvalue weighted by atomic mass is 10.2. The molecule has 0 fully saturated rings. The summed E-state index contributed by atoms with van der Waals surface area (Å²) >= 11 is 0. The zero-order chi connectivity index (χ0) is 8.97. The van der Waals surface area contributed by atoms with Crippen molar-refractivity contribution >= 4 is 0 Å². The zero-order valence-electron chi connectivity index (χ0n) is 7.90. The molecule has 1 heteroatoms. The van der Waals surface area contributed by atoms with Crippen LogP contribution in [0.4, 0.5) is 0 Å². The van der Waals surface area contributed by atoms with Crippen LogP contribution in [0.3, 0.4) is 0 Å². The summed E-state index contributed by atoms with van der Waals surface area (Å²) in [5, 5.41) is 0. The molecule has 0 saturated heterocycles. The van der Waals surface area contributed by atoms with E-state index in [4.69, 9.17) is 4.74 Å². The van der Waals surface area contributed by atoms with Gasteiger partial charge >= 0.3 is 0 Å². The van der Waals surface area contributed by atoms with Gasteiger partial charge in [0.2, 0.25) is 0 Å². The van der Waals surface area contributed by atoms with Crippen molar-refractivity contribution in [3.8, 4) is 5.75 Å². The third kappa shape index (κ3) is 2.17. The third-order valence-corrected chi connectivity index (χ3v) is 1.61. The summed E-state index contributed by atoms with van der Waals surface area (Å²) in [6.45, 7) is 6.89. The van der Waals surface area contributed by atoms with Crippen LogP contribution in [-0.4, -0.2) is 6.61 Å². The summed E-state index contributed by atoms with van der Waals surface area (Å²) in [4.78, 5) is 0. The Labute approximate surface area is 74.4 Å². The highest BCUT2D eigenvalue weighted by atomic mass is 16.5. The van der Waals surface area contributed by atoms with Crippen LogP contribution in [0.5, 0.6) is 5.75 Å². The SMILES string of the molecule is CCCOc1c#cc(C)cc1C. The van der Waals surface area contributed by atoms with Crippen molar-refractivity contribution in [1.82, 2.24) is 0 Å². The van der Waals surface area contributed by atoms with Gasteiger partial charge in [0, 0.05) is 5.56 Å². The first-order valence-electron chi connectivity index (χ1n) is 4.28.